The molecule has 9 heteroatoms. The number of urea groups is 1. The van der Waals surface area contributed by atoms with E-state index >= 15 is 0 Å². The number of anilines is 1. The van der Waals surface area contributed by atoms with E-state index in [0.29, 0.717) is 19.6 Å². The molecular weight excluding hydrogens is 406 g/mol. The van der Waals surface area contributed by atoms with E-state index in [0.717, 1.165) is 24.9 Å². The first-order chi connectivity index (χ1) is 15.0. The molecule has 0 aliphatic carbocycles. The van der Waals surface area contributed by atoms with E-state index in [1.165, 1.54) is 23.8 Å². The Hall–Kier alpha value is -3.20. The molecule has 1 fully saturated rings. The van der Waals surface area contributed by atoms with Crippen LogP contribution < -0.4 is 16.4 Å². The Morgan fingerprint density at radius 3 is 2.26 bits per heavy atom. The fourth-order valence-corrected chi connectivity index (χ4v) is 3.37. The zero-order valence-corrected chi connectivity index (χ0v) is 17.2. The van der Waals surface area contributed by atoms with Gasteiger partial charge in [-0.25, -0.2) is 13.6 Å². The predicted octanol–water partition coefficient (Wildman–Crippen LogP) is 2.95. The lowest BCUT2D eigenvalue weighted by Gasteiger charge is -2.33. The van der Waals surface area contributed by atoms with Crippen molar-refractivity contribution in [3.63, 3.8) is 0 Å². The largest absolute Gasteiger partial charge is 0.483 e. The number of rotatable bonds is 6. The number of hydrogen-bond donors (Lipinski definition) is 4. The fourth-order valence-electron chi connectivity index (χ4n) is 3.37. The maximum absolute atomic E-state index is 13.6. The van der Waals surface area contributed by atoms with Gasteiger partial charge in [0.1, 0.15) is 11.6 Å². The standard InChI is InChI=1S/C21H26F2N4O.CH2O2/c22-19-2-1-3-20(23)18(19)14-25-21(28)27-12-9-17(10-13-27)26-16-6-4-15(5-7-16)8-11-24;2-1-3/h1-7,17,26H,8-14,24H2,(H,25,28);1H,(H,2,3). The molecule has 1 aliphatic heterocycles. The molecule has 0 saturated carbocycles. The van der Waals surface area contributed by atoms with Crippen LogP contribution in [-0.4, -0.2) is 48.2 Å². The highest BCUT2D eigenvalue weighted by molar-refractivity contribution is 5.74. The average molecular weight is 434 g/mol. The van der Waals surface area contributed by atoms with Gasteiger partial charge in [-0.1, -0.05) is 18.2 Å². The highest BCUT2D eigenvalue weighted by Gasteiger charge is 2.23. The van der Waals surface area contributed by atoms with Gasteiger partial charge in [-0.3, -0.25) is 4.79 Å². The van der Waals surface area contributed by atoms with Gasteiger partial charge in [0.25, 0.3) is 6.47 Å². The van der Waals surface area contributed by atoms with Crippen molar-refractivity contribution >= 4 is 18.2 Å². The van der Waals surface area contributed by atoms with Crippen LogP contribution in [0.1, 0.15) is 24.0 Å². The molecular formula is C22H28F2N4O3. The minimum absolute atomic E-state index is 0.120. The number of piperidine rings is 1. The second-order valence-electron chi connectivity index (χ2n) is 7.11. The van der Waals surface area contributed by atoms with E-state index < -0.39 is 11.6 Å². The lowest BCUT2D eigenvalue weighted by atomic mass is 10.0. The third-order valence-electron chi connectivity index (χ3n) is 5.02. The van der Waals surface area contributed by atoms with Crippen molar-refractivity contribution in [2.45, 2.75) is 31.8 Å². The van der Waals surface area contributed by atoms with E-state index in [4.69, 9.17) is 15.6 Å². The van der Waals surface area contributed by atoms with Crippen LogP contribution in [-0.2, 0) is 17.8 Å². The Labute approximate surface area is 180 Å². The number of hydrogen-bond acceptors (Lipinski definition) is 4. The maximum Gasteiger partial charge on any atom is 0.317 e. The van der Waals surface area contributed by atoms with Crippen LogP contribution in [0.4, 0.5) is 19.3 Å². The van der Waals surface area contributed by atoms with Crippen LogP contribution >= 0.6 is 0 Å². The number of nitrogens with two attached hydrogens (primary N) is 1. The molecule has 0 unspecified atom stereocenters. The SMILES string of the molecule is NCCc1ccc(NC2CCN(C(=O)NCc3c(F)cccc3F)CC2)cc1.O=CO. The molecule has 1 aliphatic rings. The van der Waals surface area contributed by atoms with Crippen molar-refractivity contribution in [1.82, 2.24) is 10.2 Å². The Morgan fingerprint density at radius 2 is 1.71 bits per heavy atom. The molecule has 0 spiro atoms. The van der Waals surface area contributed by atoms with Crippen molar-refractivity contribution < 1.29 is 23.5 Å². The monoisotopic (exact) mass is 434 g/mol. The van der Waals surface area contributed by atoms with E-state index in [2.05, 4.69) is 22.8 Å². The van der Waals surface area contributed by atoms with Crippen molar-refractivity contribution in [3.8, 4) is 0 Å². The molecule has 2 aromatic rings. The quantitative estimate of drug-likeness (QED) is 0.523. The Morgan fingerprint density at radius 1 is 1.13 bits per heavy atom. The third kappa shape index (κ3) is 7.53. The molecule has 0 aromatic heterocycles. The summed E-state index contributed by atoms with van der Waals surface area (Å²) in [6.45, 7) is 1.41. The summed E-state index contributed by atoms with van der Waals surface area (Å²) in [6.07, 6.45) is 2.49. The molecule has 5 N–H and O–H groups in total. The van der Waals surface area contributed by atoms with Crippen LogP contribution in [0.2, 0.25) is 0 Å². The van der Waals surface area contributed by atoms with Crippen LogP contribution in [0.5, 0.6) is 0 Å². The summed E-state index contributed by atoms with van der Waals surface area (Å²) in [6, 6.07) is 11.9. The van der Waals surface area contributed by atoms with Crippen LogP contribution in [0.25, 0.3) is 0 Å². The fraction of sp³-hybridized carbons (Fsp3) is 0.364. The summed E-state index contributed by atoms with van der Waals surface area (Å²) >= 11 is 0. The maximum atomic E-state index is 13.6. The van der Waals surface area contributed by atoms with Gasteiger partial charge in [0, 0.05) is 30.4 Å². The molecule has 31 heavy (non-hydrogen) atoms. The average Bonchev–Trinajstić information content (AvgIpc) is 2.76. The molecule has 0 bridgehead atoms. The second kappa shape index (κ2) is 12.5. The van der Waals surface area contributed by atoms with Crippen LogP contribution in [0.15, 0.2) is 42.5 Å². The van der Waals surface area contributed by atoms with Gasteiger partial charge in [0.2, 0.25) is 0 Å². The summed E-state index contributed by atoms with van der Waals surface area (Å²) < 4.78 is 27.3. The molecule has 7 nitrogen and oxygen atoms in total. The van der Waals surface area contributed by atoms with Gasteiger partial charge in [-0.15, -0.1) is 0 Å². The number of amides is 2. The predicted molar refractivity (Wildman–Crippen MR) is 115 cm³/mol. The van der Waals surface area contributed by atoms with Gasteiger partial charge in [-0.2, -0.15) is 0 Å². The molecule has 0 radical (unpaired) electrons. The number of nitrogens with one attached hydrogen (secondary N) is 2. The first-order valence-electron chi connectivity index (χ1n) is 10.1. The molecule has 1 heterocycles. The zero-order valence-electron chi connectivity index (χ0n) is 17.2. The number of benzene rings is 2. The van der Waals surface area contributed by atoms with Crippen molar-refractivity contribution in [1.29, 1.82) is 0 Å². The van der Waals surface area contributed by atoms with Crippen LogP contribution in [0.3, 0.4) is 0 Å². The normalized spacial score (nSPS) is 13.7. The molecule has 168 valence electrons. The van der Waals surface area contributed by atoms with E-state index in [9.17, 15) is 13.6 Å². The van der Waals surface area contributed by atoms with E-state index in [1.54, 1.807) is 4.90 Å². The number of halogens is 2. The molecule has 3 rings (SSSR count). The Bertz CT molecular complexity index is 821. The van der Waals surface area contributed by atoms with E-state index in [-0.39, 0.29) is 30.7 Å². The van der Waals surface area contributed by atoms with Gasteiger partial charge in [0.15, 0.2) is 0 Å². The molecule has 0 atom stereocenters. The molecule has 2 aromatic carbocycles. The van der Waals surface area contributed by atoms with E-state index in [1.807, 2.05) is 12.1 Å². The van der Waals surface area contributed by atoms with Gasteiger partial charge < -0.3 is 26.4 Å². The van der Waals surface area contributed by atoms with Gasteiger partial charge in [0.05, 0.1) is 6.54 Å². The highest BCUT2D eigenvalue weighted by atomic mass is 19.1. The second-order valence-corrected chi connectivity index (χ2v) is 7.11. The summed E-state index contributed by atoms with van der Waals surface area (Å²) in [5, 5.41) is 13.0. The third-order valence-corrected chi connectivity index (χ3v) is 5.02. The van der Waals surface area contributed by atoms with Gasteiger partial charge in [-0.05, 0) is 55.6 Å². The number of carbonyl (C=O) groups is 2. The first-order valence-corrected chi connectivity index (χ1v) is 10.1. The number of carbonyl (C=O) groups excluding carboxylic acids is 1. The number of nitrogens with zero attached hydrogens (tertiary/aromatic N) is 1. The summed E-state index contributed by atoms with van der Waals surface area (Å²) in [7, 11) is 0. The smallest absolute Gasteiger partial charge is 0.317 e. The Kier molecular flexibility index (Phi) is 9.70. The summed E-state index contributed by atoms with van der Waals surface area (Å²) in [5.41, 5.74) is 7.71. The van der Waals surface area contributed by atoms with Crippen LogP contribution in [0, 0.1) is 11.6 Å². The molecule has 1 saturated heterocycles. The zero-order chi connectivity index (χ0) is 22.6. The Balaban J connectivity index is 0.00000107. The summed E-state index contributed by atoms with van der Waals surface area (Å²) in [5.74, 6) is -1.30. The van der Waals surface area contributed by atoms with Crippen molar-refractivity contribution in [3.05, 3.63) is 65.2 Å². The highest BCUT2D eigenvalue weighted by Crippen LogP contribution is 2.18. The number of likely N-dealkylation sites (tertiary alicyclic amines) is 1. The molecule has 2 amide bonds. The lowest BCUT2D eigenvalue weighted by Crippen LogP contribution is -2.46. The minimum atomic E-state index is -0.652. The topological polar surface area (TPSA) is 108 Å². The summed E-state index contributed by atoms with van der Waals surface area (Å²) in [4.78, 5) is 22.3. The lowest BCUT2D eigenvalue weighted by molar-refractivity contribution is -0.122. The first kappa shape index (κ1) is 24.1. The minimum Gasteiger partial charge on any atom is -0.483 e. The van der Waals surface area contributed by atoms with Crippen molar-refractivity contribution in [2.24, 2.45) is 5.73 Å². The van der Waals surface area contributed by atoms with Crippen molar-refractivity contribution in [2.75, 3.05) is 25.0 Å². The number of carboxylic acid groups (broad SMARTS) is 1. The van der Waals surface area contributed by atoms with Gasteiger partial charge >= 0.3 is 6.03 Å².